The predicted molar refractivity (Wildman–Crippen MR) is 106 cm³/mol. The van der Waals surface area contributed by atoms with Crippen molar-refractivity contribution in [2.24, 2.45) is 0 Å². The van der Waals surface area contributed by atoms with Gasteiger partial charge in [-0.2, -0.15) is 0 Å². The number of anilines is 1. The van der Waals surface area contributed by atoms with Gasteiger partial charge in [-0.05, 0) is 61.6 Å². The number of amides is 1. The minimum absolute atomic E-state index is 0.0227. The van der Waals surface area contributed by atoms with Gasteiger partial charge in [0.1, 0.15) is 0 Å². The summed E-state index contributed by atoms with van der Waals surface area (Å²) in [5.41, 5.74) is 3.28. The van der Waals surface area contributed by atoms with E-state index in [1.165, 1.54) is 29.4 Å². The maximum Gasteiger partial charge on any atom is 0.307 e. The van der Waals surface area contributed by atoms with Crippen LogP contribution < -0.4 is 5.32 Å². The van der Waals surface area contributed by atoms with Crippen molar-refractivity contribution in [3.8, 4) is 0 Å². The van der Waals surface area contributed by atoms with E-state index < -0.39 is 18.0 Å². The molecule has 0 fully saturated rings. The molecular formula is C20H20ClNO4S. The van der Waals surface area contributed by atoms with Crippen LogP contribution in [0, 0.1) is 0 Å². The van der Waals surface area contributed by atoms with Crippen LogP contribution in [0.5, 0.6) is 0 Å². The van der Waals surface area contributed by atoms with Crippen LogP contribution in [-0.4, -0.2) is 23.8 Å². The Kier molecular flexibility index (Phi) is 6.29. The first kappa shape index (κ1) is 19.6. The van der Waals surface area contributed by atoms with E-state index in [1.807, 2.05) is 18.2 Å². The highest BCUT2D eigenvalue weighted by molar-refractivity contribution is 7.18. The number of hydrogen-bond donors (Lipinski definition) is 1. The number of aryl methyl sites for hydroxylation is 2. The van der Waals surface area contributed by atoms with Crippen molar-refractivity contribution in [1.82, 2.24) is 0 Å². The second kappa shape index (κ2) is 8.67. The van der Waals surface area contributed by atoms with E-state index in [0.717, 1.165) is 19.3 Å². The van der Waals surface area contributed by atoms with Gasteiger partial charge in [0, 0.05) is 12.1 Å². The minimum Gasteiger partial charge on any atom is -0.453 e. The van der Waals surface area contributed by atoms with E-state index >= 15 is 0 Å². The van der Waals surface area contributed by atoms with E-state index in [0.29, 0.717) is 14.9 Å². The molecule has 5 nitrogen and oxygen atoms in total. The highest BCUT2D eigenvalue weighted by Crippen LogP contribution is 2.25. The molecule has 0 saturated carbocycles. The molecule has 1 heterocycles. The normalized spacial score (nSPS) is 13.7. The van der Waals surface area contributed by atoms with Crippen LogP contribution in [0.2, 0.25) is 4.34 Å². The first-order valence-corrected chi connectivity index (χ1v) is 10.0. The third-order valence-electron chi connectivity index (χ3n) is 4.45. The molecule has 0 bridgehead atoms. The molecule has 0 aliphatic heterocycles. The van der Waals surface area contributed by atoms with E-state index in [2.05, 4.69) is 5.32 Å². The van der Waals surface area contributed by atoms with Gasteiger partial charge in [-0.1, -0.05) is 17.7 Å². The van der Waals surface area contributed by atoms with Crippen molar-refractivity contribution in [3.05, 3.63) is 50.7 Å². The Balaban J connectivity index is 1.46. The zero-order chi connectivity index (χ0) is 19.4. The Labute approximate surface area is 166 Å². The molecule has 142 valence electrons. The van der Waals surface area contributed by atoms with Crippen LogP contribution in [0.4, 0.5) is 5.69 Å². The summed E-state index contributed by atoms with van der Waals surface area (Å²) in [4.78, 5) is 36.7. The van der Waals surface area contributed by atoms with Crippen molar-refractivity contribution in [3.63, 3.8) is 0 Å². The first-order valence-electron chi connectivity index (χ1n) is 8.83. The number of carbonyl (C=O) groups excluding carboxylic acids is 3. The van der Waals surface area contributed by atoms with Crippen molar-refractivity contribution >= 4 is 46.3 Å². The lowest BCUT2D eigenvalue weighted by atomic mass is 10.1. The Hall–Kier alpha value is -2.18. The molecule has 0 unspecified atom stereocenters. The largest absolute Gasteiger partial charge is 0.453 e. The molecular weight excluding hydrogens is 386 g/mol. The van der Waals surface area contributed by atoms with Crippen LogP contribution in [0.25, 0.3) is 0 Å². The molecule has 2 aromatic rings. The van der Waals surface area contributed by atoms with Crippen molar-refractivity contribution in [2.75, 3.05) is 5.32 Å². The number of ketones is 1. The minimum atomic E-state index is -0.933. The number of Topliss-reactive ketones (excluding diaryl/α,β-unsaturated/α-hetero) is 1. The second-order valence-electron chi connectivity index (χ2n) is 6.49. The van der Waals surface area contributed by atoms with Crippen LogP contribution in [0.3, 0.4) is 0 Å². The molecule has 0 saturated heterocycles. The monoisotopic (exact) mass is 405 g/mol. The number of rotatable bonds is 7. The van der Waals surface area contributed by atoms with Gasteiger partial charge in [-0.25, -0.2) is 0 Å². The molecule has 1 aliphatic carbocycles. The third-order valence-corrected chi connectivity index (χ3v) is 5.72. The van der Waals surface area contributed by atoms with Crippen LogP contribution in [-0.2, 0) is 27.2 Å². The summed E-state index contributed by atoms with van der Waals surface area (Å²) in [6.07, 6.45) is 2.25. The fraction of sp³-hybridized carbons (Fsp3) is 0.350. The lowest BCUT2D eigenvalue weighted by Gasteiger charge is -2.14. The van der Waals surface area contributed by atoms with Crippen LogP contribution in [0.15, 0.2) is 30.3 Å². The highest BCUT2D eigenvalue weighted by Gasteiger charge is 2.20. The maximum atomic E-state index is 12.2. The van der Waals surface area contributed by atoms with E-state index in [9.17, 15) is 14.4 Å². The zero-order valence-electron chi connectivity index (χ0n) is 14.9. The number of esters is 1. The SMILES string of the molecule is C[C@@H](OC(=O)CCC(=O)c1ccc(Cl)s1)C(=O)Nc1ccc2c(c1)CCC2. The molecule has 1 aromatic heterocycles. The molecule has 1 N–H and O–H groups in total. The fourth-order valence-corrected chi connectivity index (χ4v) is 4.02. The summed E-state index contributed by atoms with van der Waals surface area (Å²) in [6.45, 7) is 1.52. The summed E-state index contributed by atoms with van der Waals surface area (Å²) in [7, 11) is 0. The Bertz CT molecular complexity index is 877. The molecule has 27 heavy (non-hydrogen) atoms. The summed E-state index contributed by atoms with van der Waals surface area (Å²) in [5, 5.41) is 2.77. The number of fused-ring (bicyclic) bond motifs is 1. The number of ether oxygens (including phenoxy) is 1. The van der Waals surface area contributed by atoms with Crippen LogP contribution >= 0.6 is 22.9 Å². The average molecular weight is 406 g/mol. The number of hydrogen-bond acceptors (Lipinski definition) is 5. The summed E-state index contributed by atoms with van der Waals surface area (Å²) >= 11 is 6.97. The van der Waals surface area contributed by atoms with Crippen molar-refractivity contribution in [1.29, 1.82) is 0 Å². The molecule has 1 atom stereocenters. The smallest absolute Gasteiger partial charge is 0.307 e. The van der Waals surface area contributed by atoms with E-state index in [-0.39, 0.29) is 18.6 Å². The first-order chi connectivity index (χ1) is 12.9. The topological polar surface area (TPSA) is 72.5 Å². The van der Waals surface area contributed by atoms with Gasteiger partial charge < -0.3 is 10.1 Å². The van der Waals surface area contributed by atoms with Gasteiger partial charge in [0.05, 0.1) is 15.6 Å². The zero-order valence-corrected chi connectivity index (χ0v) is 16.5. The van der Waals surface area contributed by atoms with Crippen molar-refractivity contribution < 1.29 is 19.1 Å². The second-order valence-corrected chi connectivity index (χ2v) is 8.20. The third kappa shape index (κ3) is 5.17. The Morgan fingerprint density at radius 3 is 2.67 bits per heavy atom. The molecule has 3 rings (SSSR count). The van der Waals surface area contributed by atoms with Gasteiger partial charge >= 0.3 is 5.97 Å². The van der Waals surface area contributed by atoms with Crippen LogP contribution in [0.1, 0.15) is 47.0 Å². The number of halogens is 1. The summed E-state index contributed by atoms with van der Waals surface area (Å²) in [6, 6.07) is 9.13. The lowest BCUT2D eigenvalue weighted by Crippen LogP contribution is -2.30. The predicted octanol–water partition coefficient (Wildman–Crippen LogP) is 4.42. The van der Waals surface area contributed by atoms with Gasteiger partial charge in [0.2, 0.25) is 0 Å². The lowest BCUT2D eigenvalue weighted by molar-refractivity contribution is -0.153. The number of benzene rings is 1. The van der Waals surface area contributed by atoms with Crippen molar-refractivity contribution in [2.45, 2.75) is 45.1 Å². The molecule has 7 heteroatoms. The van der Waals surface area contributed by atoms with Gasteiger partial charge in [-0.15, -0.1) is 11.3 Å². The Morgan fingerprint density at radius 2 is 1.93 bits per heavy atom. The van der Waals surface area contributed by atoms with E-state index in [4.69, 9.17) is 16.3 Å². The maximum absolute atomic E-state index is 12.2. The van der Waals surface area contributed by atoms with Gasteiger partial charge in [-0.3, -0.25) is 14.4 Å². The number of thiophene rings is 1. The quantitative estimate of drug-likeness (QED) is 0.546. The highest BCUT2D eigenvalue weighted by atomic mass is 35.5. The molecule has 0 spiro atoms. The molecule has 1 amide bonds. The number of carbonyl (C=O) groups is 3. The average Bonchev–Trinajstić information content (AvgIpc) is 3.27. The number of nitrogens with one attached hydrogen (secondary N) is 1. The molecule has 1 aliphatic rings. The summed E-state index contributed by atoms with van der Waals surface area (Å²) < 4.78 is 5.67. The summed E-state index contributed by atoms with van der Waals surface area (Å²) in [5.74, 6) is -1.14. The standard InChI is InChI=1S/C20H20ClNO4S/c1-12(20(25)22-15-6-5-13-3-2-4-14(13)11-15)26-19(24)10-7-16(23)17-8-9-18(21)27-17/h5-6,8-9,11-12H,2-4,7,10H2,1H3,(H,22,25)/t12-/m1/s1. The van der Waals surface area contributed by atoms with Gasteiger partial charge in [0.25, 0.3) is 5.91 Å². The Morgan fingerprint density at radius 1 is 1.15 bits per heavy atom. The van der Waals surface area contributed by atoms with E-state index in [1.54, 1.807) is 12.1 Å². The fourth-order valence-electron chi connectivity index (χ4n) is 3.01. The molecule has 0 radical (unpaired) electrons. The molecule has 1 aromatic carbocycles. The van der Waals surface area contributed by atoms with Gasteiger partial charge in [0.15, 0.2) is 11.9 Å².